The molecule has 1 fully saturated rings. The van der Waals surface area contributed by atoms with Gasteiger partial charge in [0.05, 0.1) is 25.4 Å². The molecule has 1 aliphatic rings. The van der Waals surface area contributed by atoms with Crippen LogP contribution in [0.15, 0.2) is 34.6 Å². The molecule has 0 amide bonds. The smallest absolute Gasteiger partial charge is 0.191 e. The number of aliphatic imine (C=N–C) groups is 1. The number of aromatic nitrogens is 1. The molecular formula is C23H36IN5OS. The Labute approximate surface area is 207 Å². The standard InChI is InChI=1S/C23H35N5OS.HI/c1-5-24-23(26-15-22-27-20(16-30-22)17(2)3)25-14-21(28-11-6-7-12-28)18-9-8-10-19(13-18)29-4;/h8-10,13,16-17,21H,5-7,11-12,14-15H2,1-4H3,(H2,24,25,26);1H. The second kappa shape index (κ2) is 13.2. The van der Waals surface area contributed by atoms with Crippen molar-refractivity contribution >= 4 is 41.3 Å². The van der Waals surface area contributed by atoms with Crippen molar-refractivity contribution in [2.24, 2.45) is 4.99 Å². The molecule has 1 atom stereocenters. The number of thiazole rings is 1. The van der Waals surface area contributed by atoms with Crippen molar-refractivity contribution in [3.8, 4) is 5.75 Å². The van der Waals surface area contributed by atoms with Crippen molar-refractivity contribution in [3.05, 3.63) is 45.9 Å². The summed E-state index contributed by atoms with van der Waals surface area (Å²) in [5, 5.41) is 10.1. The second-order valence-corrected chi connectivity index (χ2v) is 8.88. The lowest BCUT2D eigenvalue weighted by molar-refractivity contribution is 0.245. The lowest BCUT2D eigenvalue weighted by Crippen LogP contribution is -2.42. The summed E-state index contributed by atoms with van der Waals surface area (Å²) in [7, 11) is 1.72. The Morgan fingerprint density at radius 2 is 2.03 bits per heavy atom. The largest absolute Gasteiger partial charge is 0.497 e. The number of benzene rings is 1. The third-order valence-corrected chi connectivity index (χ3v) is 6.25. The molecule has 8 heteroatoms. The summed E-state index contributed by atoms with van der Waals surface area (Å²) in [6.45, 7) is 10.9. The Kier molecular flexibility index (Phi) is 11.0. The zero-order valence-electron chi connectivity index (χ0n) is 19.1. The maximum Gasteiger partial charge on any atom is 0.191 e. The maximum absolute atomic E-state index is 5.46. The molecule has 2 heterocycles. The van der Waals surface area contributed by atoms with E-state index >= 15 is 0 Å². The number of hydrogen-bond donors (Lipinski definition) is 2. The number of nitrogens with zero attached hydrogens (tertiary/aromatic N) is 3. The topological polar surface area (TPSA) is 61.8 Å². The van der Waals surface area contributed by atoms with Crippen LogP contribution in [0.2, 0.25) is 0 Å². The van der Waals surface area contributed by atoms with E-state index in [1.807, 2.05) is 6.07 Å². The highest BCUT2D eigenvalue weighted by Crippen LogP contribution is 2.27. The van der Waals surface area contributed by atoms with Gasteiger partial charge in [0.25, 0.3) is 0 Å². The van der Waals surface area contributed by atoms with Crippen molar-refractivity contribution < 1.29 is 4.74 Å². The number of guanidine groups is 1. The van der Waals surface area contributed by atoms with E-state index in [1.54, 1.807) is 18.4 Å². The Morgan fingerprint density at radius 3 is 2.68 bits per heavy atom. The average molecular weight is 558 g/mol. The summed E-state index contributed by atoms with van der Waals surface area (Å²) in [5.74, 6) is 2.20. The van der Waals surface area contributed by atoms with Gasteiger partial charge in [-0.2, -0.15) is 0 Å². The van der Waals surface area contributed by atoms with Crippen LogP contribution in [0.4, 0.5) is 0 Å². The second-order valence-electron chi connectivity index (χ2n) is 7.93. The predicted octanol–water partition coefficient (Wildman–Crippen LogP) is 4.79. The van der Waals surface area contributed by atoms with E-state index in [9.17, 15) is 0 Å². The molecule has 0 aliphatic carbocycles. The van der Waals surface area contributed by atoms with Crippen LogP contribution in [-0.2, 0) is 6.54 Å². The molecule has 6 nitrogen and oxygen atoms in total. The zero-order valence-corrected chi connectivity index (χ0v) is 22.2. The van der Waals surface area contributed by atoms with Crippen LogP contribution in [0.5, 0.6) is 5.75 Å². The minimum atomic E-state index is 0. The van der Waals surface area contributed by atoms with Gasteiger partial charge < -0.3 is 15.4 Å². The molecule has 172 valence electrons. The molecular weight excluding hydrogens is 521 g/mol. The van der Waals surface area contributed by atoms with Gasteiger partial charge in [0, 0.05) is 18.5 Å². The number of likely N-dealkylation sites (tertiary alicyclic amines) is 1. The zero-order chi connectivity index (χ0) is 21.3. The van der Waals surface area contributed by atoms with Crippen LogP contribution in [0.25, 0.3) is 0 Å². The first-order chi connectivity index (χ1) is 14.6. The number of hydrogen-bond acceptors (Lipinski definition) is 5. The van der Waals surface area contributed by atoms with Crippen LogP contribution in [-0.4, -0.2) is 49.1 Å². The van der Waals surface area contributed by atoms with E-state index < -0.39 is 0 Å². The monoisotopic (exact) mass is 557 g/mol. The molecule has 1 saturated heterocycles. The quantitative estimate of drug-likeness (QED) is 0.264. The number of methoxy groups -OCH3 is 1. The van der Waals surface area contributed by atoms with Gasteiger partial charge >= 0.3 is 0 Å². The fraction of sp³-hybridized carbons (Fsp3) is 0.565. The van der Waals surface area contributed by atoms with Crippen molar-refractivity contribution in [1.82, 2.24) is 20.5 Å². The minimum absolute atomic E-state index is 0. The average Bonchev–Trinajstić information content (AvgIpc) is 3.45. The van der Waals surface area contributed by atoms with Gasteiger partial charge in [0.15, 0.2) is 5.96 Å². The highest BCUT2D eigenvalue weighted by Gasteiger charge is 2.24. The first-order valence-electron chi connectivity index (χ1n) is 10.9. The van der Waals surface area contributed by atoms with Gasteiger partial charge in [-0.3, -0.25) is 4.90 Å². The first-order valence-corrected chi connectivity index (χ1v) is 11.8. The Morgan fingerprint density at radius 1 is 1.26 bits per heavy atom. The number of nitrogens with one attached hydrogen (secondary N) is 2. The molecule has 0 saturated carbocycles. The van der Waals surface area contributed by atoms with E-state index in [0.717, 1.165) is 48.6 Å². The minimum Gasteiger partial charge on any atom is -0.497 e. The van der Waals surface area contributed by atoms with Crippen molar-refractivity contribution in [2.75, 3.05) is 33.3 Å². The molecule has 1 aromatic heterocycles. The molecule has 2 aromatic rings. The van der Waals surface area contributed by atoms with Crippen molar-refractivity contribution in [2.45, 2.75) is 52.1 Å². The normalized spacial score (nSPS) is 15.6. The van der Waals surface area contributed by atoms with Crippen LogP contribution in [0.3, 0.4) is 0 Å². The Hall–Kier alpha value is -1.39. The van der Waals surface area contributed by atoms with E-state index in [1.165, 1.54) is 18.4 Å². The highest BCUT2D eigenvalue weighted by molar-refractivity contribution is 14.0. The van der Waals surface area contributed by atoms with E-state index in [2.05, 4.69) is 59.9 Å². The fourth-order valence-corrected chi connectivity index (χ4v) is 4.58. The lowest BCUT2D eigenvalue weighted by atomic mass is 10.1. The number of halogens is 1. The number of rotatable bonds is 9. The summed E-state index contributed by atoms with van der Waals surface area (Å²) in [5.41, 5.74) is 2.43. The summed E-state index contributed by atoms with van der Waals surface area (Å²) >= 11 is 1.69. The number of ether oxygens (including phenoxy) is 1. The maximum atomic E-state index is 5.46. The molecule has 0 spiro atoms. The van der Waals surface area contributed by atoms with Crippen molar-refractivity contribution in [1.29, 1.82) is 0 Å². The van der Waals surface area contributed by atoms with Crippen LogP contribution >= 0.6 is 35.3 Å². The molecule has 3 rings (SSSR count). The summed E-state index contributed by atoms with van der Waals surface area (Å²) in [4.78, 5) is 12.0. The van der Waals surface area contributed by atoms with E-state index in [4.69, 9.17) is 14.7 Å². The third-order valence-electron chi connectivity index (χ3n) is 5.40. The summed E-state index contributed by atoms with van der Waals surface area (Å²) < 4.78 is 5.46. The van der Waals surface area contributed by atoms with Crippen LogP contribution in [0, 0.1) is 0 Å². The molecule has 31 heavy (non-hydrogen) atoms. The van der Waals surface area contributed by atoms with Gasteiger partial charge in [-0.05, 0) is 56.5 Å². The summed E-state index contributed by atoms with van der Waals surface area (Å²) in [6.07, 6.45) is 2.52. The molecule has 1 unspecified atom stereocenters. The molecule has 1 aromatic carbocycles. The molecule has 0 bridgehead atoms. The summed E-state index contributed by atoms with van der Waals surface area (Å²) in [6, 6.07) is 8.71. The third kappa shape index (κ3) is 7.61. The lowest BCUT2D eigenvalue weighted by Gasteiger charge is -2.29. The van der Waals surface area contributed by atoms with Gasteiger partial charge in [-0.25, -0.2) is 9.98 Å². The van der Waals surface area contributed by atoms with Gasteiger partial charge in [0.2, 0.25) is 0 Å². The van der Waals surface area contributed by atoms with E-state index in [0.29, 0.717) is 18.5 Å². The fourth-order valence-electron chi connectivity index (χ4n) is 3.70. The Bertz CT molecular complexity index is 820. The molecule has 0 radical (unpaired) electrons. The molecule has 1 aliphatic heterocycles. The Balaban J connectivity index is 0.00000341. The van der Waals surface area contributed by atoms with Gasteiger partial charge in [0.1, 0.15) is 10.8 Å². The van der Waals surface area contributed by atoms with Crippen LogP contribution in [0.1, 0.15) is 61.8 Å². The van der Waals surface area contributed by atoms with Crippen molar-refractivity contribution in [3.63, 3.8) is 0 Å². The SMILES string of the molecule is CCNC(=NCc1nc(C(C)C)cs1)NCC(c1cccc(OC)c1)N1CCCC1.I. The van der Waals surface area contributed by atoms with Crippen LogP contribution < -0.4 is 15.4 Å². The predicted molar refractivity (Wildman–Crippen MR) is 141 cm³/mol. The highest BCUT2D eigenvalue weighted by atomic mass is 127. The first kappa shape index (κ1) is 25.9. The molecule has 2 N–H and O–H groups in total. The van der Waals surface area contributed by atoms with E-state index in [-0.39, 0.29) is 24.0 Å². The van der Waals surface area contributed by atoms with Gasteiger partial charge in [-0.15, -0.1) is 35.3 Å². The van der Waals surface area contributed by atoms with Gasteiger partial charge in [-0.1, -0.05) is 26.0 Å².